The van der Waals surface area contributed by atoms with E-state index in [0.29, 0.717) is 19.0 Å². The van der Waals surface area contributed by atoms with Crippen LogP contribution in [0.2, 0.25) is 0 Å². The number of aryl methyl sites for hydroxylation is 1. The van der Waals surface area contributed by atoms with Gasteiger partial charge in [-0.3, -0.25) is 0 Å². The number of aromatic nitrogens is 1. The van der Waals surface area contributed by atoms with Gasteiger partial charge in [0, 0.05) is 19.0 Å². The summed E-state index contributed by atoms with van der Waals surface area (Å²) in [7, 11) is 0. The summed E-state index contributed by atoms with van der Waals surface area (Å²) < 4.78 is 10.9. The van der Waals surface area contributed by atoms with Crippen LogP contribution in [-0.4, -0.2) is 34.7 Å². The molecule has 0 atom stereocenters. The molecule has 1 aromatic heterocycles. The van der Waals surface area contributed by atoms with Crippen molar-refractivity contribution in [1.29, 1.82) is 0 Å². The fourth-order valence-corrected chi connectivity index (χ4v) is 2.20. The van der Waals surface area contributed by atoms with Crippen LogP contribution >= 0.6 is 0 Å². The minimum atomic E-state index is -0.437. The van der Waals surface area contributed by atoms with Gasteiger partial charge in [0.2, 0.25) is 0 Å². The predicted octanol–water partition coefficient (Wildman–Crippen LogP) is 3.10. The SMILES string of the molecule is Cc1cnc(C2CCN(C(=O)OC(C)(C)C)CC2)o1. The third-order valence-electron chi connectivity index (χ3n) is 3.14. The highest BCUT2D eigenvalue weighted by atomic mass is 16.6. The van der Waals surface area contributed by atoms with Gasteiger partial charge in [-0.15, -0.1) is 0 Å². The van der Waals surface area contributed by atoms with Crippen molar-refractivity contribution in [3.8, 4) is 0 Å². The molecule has 0 unspecified atom stereocenters. The summed E-state index contributed by atoms with van der Waals surface area (Å²) in [5.41, 5.74) is -0.437. The second-order valence-electron chi connectivity index (χ2n) is 6.05. The zero-order chi connectivity index (χ0) is 14.0. The van der Waals surface area contributed by atoms with Crippen LogP contribution in [0.3, 0.4) is 0 Å². The number of hydrogen-bond donors (Lipinski definition) is 0. The van der Waals surface area contributed by atoms with Crippen LogP contribution in [0, 0.1) is 6.92 Å². The predicted molar refractivity (Wildman–Crippen MR) is 71.0 cm³/mol. The molecule has 0 N–H and O–H groups in total. The standard InChI is InChI=1S/C14H22N2O3/c1-10-9-15-12(18-10)11-5-7-16(8-6-11)13(17)19-14(2,3)4/h9,11H,5-8H2,1-4H3. The summed E-state index contributed by atoms with van der Waals surface area (Å²) in [6, 6.07) is 0. The fraction of sp³-hybridized carbons (Fsp3) is 0.714. The average Bonchev–Trinajstić information content (AvgIpc) is 2.74. The van der Waals surface area contributed by atoms with E-state index in [1.807, 2.05) is 27.7 Å². The number of piperidine rings is 1. The molecule has 1 fully saturated rings. The Labute approximate surface area is 113 Å². The molecule has 0 aliphatic carbocycles. The van der Waals surface area contributed by atoms with Crippen LogP contribution in [0.1, 0.15) is 51.2 Å². The maximum absolute atomic E-state index is 11.9. The van der Waals surface area contributed by atoms with Gasteiger partial charge in [0.15, 0.2) is 5.89 Å². The third-order valence-corrected chi connectivity index (χ3v) is 3.14. The van der Waals surface area contributed by atoms with Gasteiger partial charge < -0.3 is 14.1 Å². The summed E-state index contributed by atoms with van der Waals surface area (Å²) in [6.45, 7) is 8.93. The number of likely N-dealkylation sites (tertiary alicyclic amines) is 1. The normalized spacial score (nSPS) is 17.6. The Morgan fingerprint density at radius 1 is 1.42 bits per heavy atom. The number of hydrogen-bond acceptors (Lipinski definition) is 4. The monoisotopic (exact) mass is 266 g/mol. The molecular weight excluding hydrogens is 244 g/mol. The quantitative estimate of drug-likeness (QED) is 0.783. The van der Waals surface area contributed by atoms with E-state index in [4.69, 9.17) is 9.15 Å². The number of carbonyl (C=O) groups excluding carboxylic acids is 1. The van der Waals surface area contributed by atoms with Crippen LogP contribution in [0.25, 0.3) is 0 Å². The summed E-state index contributed by atoms with van der Waals surface area (Å²) in [6.07, 6.45) is 3.27. The van der Waals surface area contributed by atoms with Gasteiger partial charge >= 0.3 is 6.09 Å². The molecule has 2 heterocycles. The van der Waals surface area contributed by atoms with Crippen molar-refractivity contribution in [3.63, 3.8) is 0 Å². The Morgan fingerprint density at radius 2 is 2.05 bits per heavy atom. The molecule has 1 aliphatic rings. The molecule has 1 aromatic rings. The molecule has 0 spiro atoms. The van der Waals surface area contributed by atoms with E-state index in [-0.39, 0.29) is 6.09 Å². The highest BCUT2D eigenvalue weighted by Gasteiger charge is 2.29. The lowest BCUT2D eigenvalue weighted by atomic mass is 9.97. The molecule has 2 rings (SSSR count). The molecule has 1 saturated heterocycles. The Bertz CT molecular complexity index is 440. The second-order valence-corrected chi connectivity index (χ2v) is 6.05. The molecule has 0 aromatic carbocycles. The van der Waals surface area contributed by atoms with Crippen LogP contribution < -0.4 is 0 Å². The van der Waals surface area contributed by atoms with E-state index in [1.54, 1.807) is 11.1 Å². The highest BCUT2D eigenvalue weighted by molar-refractivity contribution is 5.68. The average molecular weight is 266 g/mol. The molecule has 19 heavy (non-hydrogen) atoms. The zero-order valence-electron chi connectivity index (χ0n) is 12.1. The summed E-state index contributed by atoms with van der Waals surface area (Å²) in [4.78, 5) is 18.0. The van der Waals surface area contributed by atoms with Gasteiger partial charge in [0.25, 0.3) is 0 Å². The van der Waals surface area contributed by atoms with Crippen LogP contribution in [-0.2, 0) is 4.74 Å². The molecular formula is C14H22N2O3. The van der Waals surface area contributed by atoms with Crippen LogP contribution in [0.15, 0.2) is 10.6 Å². The number of rotatable bonds is 1. The molecule has 0 radical (unpaired) electrons. The van der Waals surface area contributed by atoms with E-state index in [2.05, 4.69) is 4.98 Å². The minimum absolute atomic E-state index is 0.227. The zero-order valence-corrected chi connectivity index (χ0v) is 12.1. The van der Waals surface area contributed by atoms with E-state index in [9.17, 15) is 4.79 Å². The van der Waals surface area contributed by atoms with Gasteiger partial charge in [0.05, 0.1) is 6.20 Å². The van der Waals surface area contributed by atoms with Crippen LogP contribution in [0.5, 0.6) is 0 Å². The molecule has 5 heteroatoms. The lowest BCUT2D eigenvalue weighted by Gasteiger charge is -2.32. The largest absolute Gasteiger partial charge is 0.446 e. The van der Waals surface area contributed by atoms with E-state index in [1.165, 1.54) is 0 Å². The van der Waals surface area contributed by atoms with Gasteiger partial charge in [-0.2, -0.15) is 0 Å². The van der Waals surface area contributed by atoms with E-state index < -0.39 is 5.60 Å². The summed E-state index contributed by atoms with van der Waals surface area (Å²) in [5, 5.41) is 0. The van der Waals surface area contributed by atoms with Crippen molar-refractivity contribution in [3.05, 3.63) is 17.8 Å². The van der Waals surface area contributed by atoms with Crippen molar-refractivity contribution < 1.29 is 13.9 Å². The molecule has 1 aliphatic heterocycles. The maximum atomic E-state index is 11.9. The molecule has 5 nitrogen and oxygen atoms in total. The lowest BCUT2D eigenvalue weighted by molar-refractivity contribution is 0.0199. The number of nitrogens with zero attached hydrogens (tertiary/aromatic N) is 2. The van der Waals surface area contributed by atoms with Crippen molar-refractivity contribution in [2.24, 2.45) is 0 Å². The Morgan fingerprint density at radius 3 is 2.53 bits per heavy atom. The third kappa shape index (κ3) is 3.72. The molecule has 106 valence electrons. The van der Waals surface area contributed by atoms with Crippen molar-refractivity contribution >= 4 is 6.09 Å². The van der Waals surface area contributed by atoms with Gasteiger partial charge in [0.1, 0.15) is 11.4 Å². The van der Waals surface area contributed by atoms with Crippen molar-refractivity contribution in [1.82, 2.24) is 9.88 Å². The first-order chi connectivity index (χ1) is 8.85. The second kappa shape index (κ2) is 5.23. The summed E-state index contributed by atoms with van der Waals surface area (Å²) in [5.74, 6) is 1.94. The minimum Gasteiger partial charge on any atom is -0.446 e. The van der Waals surface area contributed by atoms with Crippen LogP contribution in [0.4, 0.5) is 4.79 Å². The maximum Gasteiger partial charge on any atom is 0.410 e. The van der Waals surface area contributed by atoms with Gasteiger partial charge in [-0.1, -0.05) is 0 Å². The lowest BCUT2D eigenvalue weighted by Crippen LogP contribution is -2.41. The number of amides is 1. The van der Waals surface area contributed by atoms with Crippen molar-refractivity contribution in [2.75, 3.05) is 13.1 Å². The molecule has 0 bridgehead atoms. The van der Waals surface area contributed by atoms with Crippen molar-refractivity contribution in [2.45, 2.75) is 52.1 Å². The number of ether oxygens (including phenoxy) is 1. The fourth-order valence-electron chi connectivity index (χ4n) is 2.20. The van der Waals surface area contributed by atoms with Gasteiger partial charge in [-0.25, -0.2) is 9.78 Å². The first kappa shape index (κ1) is 13.9. The Balaban J connectivity index is 1.87. The Kier molecular flexibility index (Phi) is 3.83. The van der Waals surface area contributed by atoms with E-state index >= 15 is 0 Å². The summed E-state index contributed by atoms with van der Waals surface area (Å²) >= 11 is 0. The van der Waals surface area contributed by atoms with Gasteiger partial charge in [-0.05, 0) is 40.5 Å². The Hall–Kier alpha value is -1.52. The number of carbonyl (C=O) groups is 1. The molecule has 0 saturated carbocycles. The first-order valence-electron chi connectivity index (χ1n) is 6.75. The topological polar surface area (TPSA) is 55.6 Å². The smallest absolute Gasteiger partial charge is 0.410 e. The highest BCUT2D eigenvalue weighted by Crippen LogP contribution is 2.28. The molecule has 1 amide bonds. The first-order valence-corrected chi connectivity index (χ1v) is 6.75. The number of oxazole rings is 1. The van der Waals surface area contributed by atoms with E-state index in [0.717, 1.165) is 24.5 Å².